The fraction of sp³-hybridized carbons (Fsp3) is 0.214. The summed E-state index contributed by atoms with van der Waals surface area (Å²) >= 11 is 5.90. The lowest BCUT2D eigenvalue weighted by Gasteiger charge is -2.22. The van der Waals surface area contributed by atoms with Crippen LogP contribution in [0.2, 0.25) is 5.02 Å². The number of fused-ring (bicyclic) bond motifs is 1. The number of rotatable bonds is 7. The number of anilines is 1. The van der Waals surface area contributed by atoms with Gasteiger partial charge in [0.05, 0.1) is 11.4 Å². The first-order valence-electron chi connectivity index (χ1n) is 11.7. The number of para-hydroxylation sites is 1. The molecule has 0 bridgehead atoms. The van der Waals surface area contributed by atoms with Gasteiger partial charge < -0.3 is 15.5 Å². The molecule has 7 nitrogen and oxygen atoms in total. The monoisotopic (exact) mass is 502 g/mol. The van der Waals surface area contributed by atoms with Gasteiger partial charge in [0.15, 0.2) is 0 Å². The van der Waals surface area contributed by atoms with E-state index in [1.54, 1.807) is 26.1 Å². The van der Waals surface area contributed by atoms with E-state index in [2.05, 4.69) is 15.6 Å². The van der Waals surface area contributed by atoms with E-state index in [9.17, 15) is 14.4 Å². The minimum atomic E-state index is -1.14. The summed E-state index contributed by atoms with van der Waals surface area (Å²) in [6.45, 7) is 1.58. The maximum absolute atomic E-state index is 13.3. The summed E-state index contributed by atoms with van der Waals surface area (Å²) in [7, 11) is 1.66. The van der Waals surface area contributed by atoms with Gasteiger partial charge in [-0.15, -0.1) is 0 Å². The Morgan fingerprint density at radius 1 is 1.00 bits per heavy atom. The molecular weight excluding hydrogens is 476 g/mol. The molecule has 184 valence electrons. The number of benzene rings is 3. The molecule has 0 aromatic heterocycles. The van der Waals surface area contributed by atoms with Crippen LogP contribution in [0.4, 0.5) is 5.69 Å². The maximum Gasteiger partial charge on any atom is 0.272 e. The Morgan fingerprint density at radius 2 is 1.67 bits per heavy atom. The van der Waals surface area contributed by atoms with E-state index >= 15 is 0 Å². The molecular formula is C28H27ClN4O3. The number of benzodiazepines with no additional fused rings is 1. The van der Waals surface area contributed by atoms with E-state index < -0.39 is 18.1 Å². The average molecular weight is 503 g/mol. The van der Waals surface area contributed by atoms with Crippen molar-refractivity contribution in [2.24, 2.45) is 4.99 Å². The lowest BCUT2D eigenvalue weighted by molar-refractivity contribution is -0.130. The van der Waals surface area contributed by atoms with E-state index in [0.717, 1.165) is 16.7 Å². The quantitative estimate of drug-likeness (QED) is 0.515. The van der Waals surface area contributed by atoms with Gasteiger partial charge in [-0.25, -0.2) is 4.99 Å². The number of carbonyl (C=O) groups excluding carboxylic acids is 3. The molecule has 1 aliphatic heterocycles. The number of halogens is 1. The molecule has 0 aliphatic carbocycles. The zero-order valence-electron chi connectivity index (χ0n) is 20.1. The second-order valence-corrected chi connectivity index (χ2v) is 9.02. The summed E-state index contributed by atoms with van der Waals surface area (Å²) in [4.78, 5) is 44.8. The summed E-state index contributed by atoms with van der Waals surface area (Å²) in [5, 5.41) is 6.05. The zero-order chi connectivity index (χ0) is 25.7. The first-order chi connectivity index (χ1) is 17.3. The molecule has 0 radical (unpaired) electrons. The van der Waals surface area contributed by atoms with Crippen molar-refractivity contribution in [2.45, 2.75) is 32.0 Å². The summed E-state index contributed by atoms with van der Waals surface area (Å²) in [6, 6.07) is 23.4. The van der Waals surface area contributed by atoms with Crippen LogP contribution in [-0.2, 0) is 20.8 Å². The summed E-state index contributed by atoms with van der Waals surface area (Å²) in [5.41, 5.74) is 3.90. The molecule has 0 spiro atoms. The number of nitrogens with one attached hydrogen (secondary N) is 2. The van der Waals surface area contributed by atoms with Crippen molar-refractivity contribution in [2.75, 3.05) is 11.9 Å². The van der Waals surface area contributed by atoms with Gasteiger partial charge in [-0.05, 0) is 37.1 Å². The first kappa shape index (κ1) is 25.1. The van der Waals surface area contributed by atoms with Crippen LogP contribution in [-0.4, -0.2) is 42.7 Å². The van der Waals surface area contributed by atoms with E-state index in [4.69, 9.17) is 11.6 Å². The standard InChI is InChI=1S/C28H27ClN4O3/c1-18(30-24(34)17-14-19-12-15-21(29)16-13-19)27(35)32-26-28(36)33(2)23-11-7-6-10-22(23)25(31-26)20-8-4-3-5-9-20/h3-13,15-16,18,26H,14,17H2,1-2H3,(H,30,34)(H,32,35)/t18?,26-/m1/s1. The van der Waals surface area contributed by atoms with Gasteiger partial charge in [-0.3, -0.25) is 14.4 Å². The SMILES string of the molecule is CC(NC(=O)CCc1ccc(Cl)cc1)C(=O)N[C@H]1N=C(c2ccccc2)c2ccccc2N(C)C1=O. The Morgan fingerprint density at radius 3 is 2.39 bits per heavy atom. The molecule has 1 heterocycles. The van der Waals surface area contributed by atoms with Crippen molar-refractivity contribution in [3.05, 3.63) is 101 Å². The Kier molecular flexibility index (Phi) is 7.80. The van der Waals surface area contributed by atoms with E-state index in [1.807, 2.05) is 66.7 Å². The zero-order valence-corrected chi connectivity index (χ0v) is 20.8. The molecule has 0 saturated carbocycles. The third kappa shape index (κ3) is 5.80. The van der Waals surface area contributed by atoms with Gasteiger partial charge in [-0.1, -0.05) is 72.3 Å². The van der Waals surface area contributed by atoms with Crippen LogP contribution in [0.15, 0.2) is 83.9 Å². The minimum Gasteiger partial charge on any atom is -0.345 e. The summed E-state index contributed by atoms with van der Waals surface area (Å²) < 4.78 is 0. The number of likely N-dealkylation sites (N-methyl/N-ethyl adjacent to an activating group) is 1. The topological polar surface area (TPSA) is 90.9 Å². The van der Waals surface area contributed by atoms with Gasteiger partial charge in [-0.2, -0.15) is 0 Å². The molecule has 1 unspecified atom stereocenters. The van der Waals surface area contributed by atoms with Crippen LogP contribution in [0.3, 0.4) is 0 Å². The number of aryl methyl sites for hydroxylation is 1. The molecule has 3 amide bonds. The van der Waals surface area contributed by atoms with Gasteiger partial charge in [0.1, 0.15) is 6.04 Å². The van der Waals surface area contributed by atoms with Crippen LogP contribution in [0.1, 0.15) is 30.0 Å². The highest BCUT2D eigenvalue weighted by molar-refractivity contribution is 6.30. The lowest BCUT2D eigenvalue weighted by Crippen LogP contribution is -2.52. The highest BCUT2D eigenvalue weighted by Crippen LogP contribution is 2.27. The van der Waals surface area contributed by atoms with E-state index in [-0.39, 0.29) is 18.2 Å². The molecule has 36 heavy (non-hydrogen) atoms. The fourth-order valence-corrected chi connectivity index (χ4v) is 4.12. The highest BCUT2D eigenvalue weighted by Gasteiger charge is 2.32. The van der Waals surface area contributed by atoms with Crippen molar-refractivity contribution < 1.29 is 14.4 Å². The molecule has 2 N–H and O–H groups in total. The highest BCUT2D eigenvalue weighted by atomic mass is 35.5. The molecule has 2 atom stereocenters. The van der Waals surface area contributed by atoms with Crippen molar-refractivity contribution in [1.82, 2.24) is 10.6 Å². The van der Waals surface area contributed by atoms with Gasteiger partial charge >= 0.3 is 0 Å². The Balaban J connectivity index is 1.48. The number of carbonyl (C=O) groups is 3. The number of aliphatic imine (C=N–C) groups is 1. The largest absolute Gasteiger partial charge is 0.345 e. The van der Waals surface area contributed by atoms with Crippen molar-refractivity contribution in [3.63, 3.8) is 0 Å². The second-order valence-electron chi connectivity index (χ2n) is 8.58. The smallest absolute Gasteiger partial charge is 0.272 e. The van der Waals surface area contributed by atoms with Gasteiger partial charge in [0.25, 0.3) is 5.91 Å². The first-order valence-corrected chi connectivity index (χ1v) is 12.1. The van der Waals surface area contributed by atoms with E-state index in [0.29, 0.717) is 22.8 Å². The summed E-state index contributed by atoms with van der Waals surface area (Å²) in [5.74, 6) is -1.13. The lowest BCUT2D eigenvalue weighted by atomic mass is 10.0. The predicted octanol–water partition coefficient (Wildman–Crippen LogP) is 3.73. The van der Waals surface area contributed by atoms with Crippen LogP contribution < -0.4 is 15.5 Å². The maximum atomic E-state index is 13.3. The predicted molar refractivity (Wildman–Crippen MR) is 141 cm³/mol. The molecule has 0 saturated heterocycles. The second kappa shape index (κ2) is 11.2. The molecule has 3 aromatic rings. The average Bonchev–Trinajstić information content (AvgIpc) is 2.99. The molecule has 4 rings (SSSR count). The molecule has 0 fully saturated rings. The number of hydrogen-bond donors (Lipinski definition) is 2. The van der Waals surface area contributed by atoms with Crippen LogP contribution >= 0.6 is 11.6 Å². The Labute approximate surface area is 215 Å². The number of amides is 3. The van der Waals surface area contributed by atoms with E-state index in [1.165, 1.54) is 4.90 Å². The van der Waals surface area contributed by atoms with Crippen LogP contribution in [0, 0.1) is 0 Å². The molecule has 8 heteroatoms. The third-order valence-electron chi connectivity index (χ3n) is 5.99. The van der Waals surface area contributed by atoms with Gasteiger partial charge in [0.2, 0.25) is 18.0 Å². The minimum absolute atomic E-state index is 0.218. The third-order valence-corrected chi connectivity index (χ3v) is 6.25. The van der Waals surface area contributed by atoms with Gasteiger partial charge in [0, 0.05) is 29.6 Å². The fourth-order valence-electron chi connectivity index (χ4n) is 3.99. The normalized spacial score (nSPS) is 15.9. The van der Waals surface area contributed by atoms with Crippen molar-refractivity contribution >= 4 is 40.7 Å². The number of hydrogen-bond acceptors (Lipinski definition) is 4. The van der Waals surface area contributed by atoms with Crippen LogP contribution in [0.5, 0.6) is 0 Å². The van der Waals surface area contributed by atoms with Crippen molar-refractivity contribution in [1.29, 1.82) is 0 Å². The molecule has 3 aromatic carbocycles. The summed E-state index contributed by atoms with van der Waals surface area (Å²) in [6.07, 6.45) is -0.402. The molecule has 1 aliphatic rings. The van der Waals surface area contributed by atoms with Crippen LogP contribution in [0.25, 0.3) is 0 Å². The Bertz CT molecular complexity index is 1290. The Hall–Kier alpha value is -3.97. The van der Waals surface area contributed by atoms with Crippen molar-refractivity contribution in [3.8, 4) is 0 Å². The number of nitrogens with zero attached hydrogens (tertiary/aromatic N) is 2.